The van der Waals surface area contributed by atoms with Crippen LogP contribution in [0.1, 0.15) is 55.3 Å². The van der Waals surface area contributed by atoms with Crippen molar-refractivity contribution in [3.63, 3.8) is 0 Å². The van der Waals surface area contributed by atoms with Crippen molar-refractivity contribution in [1.82, 2.24) is 5.32 Å². The molecule has 2 amide bonds. The van der Waals surface area contributed by atoms with Gasteiger partial charge in [0.25, 0.3) is 5.91 Å². The highest BCUT2D eigenvalue weighted by molar-refractivity contribution is 5.77. The second-order valence-corrected chi connectivity index (χ2v) is 7.63. The van der Waals surface area contributed by atoms with Gasteiger partial charge in [0.15, 0.2) is 6.54 Å². The zero-order chi connectivity index (χ0) is 17.8. The summed E-state index contributed by atoms with van der Waals surface area (Å²) in [7, 11) is 0. The van der Waals surface area contributed by atoms with Gasteiger partial charge >= 0.3 is 0 Å². The summed E-state index contributed by atoms with van der Waals surface area (Å²) >= 11 is 0. The number of piperidine rings is 1. The van der Waals surface area contributed by atoms with E-state index in [-0.39, 0.29) is 23.8 Å². The molecule has 25 heavy (non-hydrogen) atoms. The lowest BCUT2D eigenvalue weighted by atomic mass is 9.89. The lowest BCUT2D eigenvalue weighted by Crippen LogP contribution is -3.14. The van der Waals surface area contributed by atoms with Gasteiger partial charge in [0.05, 0.1) is 19.1 Å². The van der Waals surface area contributed by atoms with E-state index in [4.69, 9.17) is 5.73 Å². The molecule has 3 rings (SSSR count). The summed E-state index contributed by atoms with van der Waals surface area (Å²) in [5, 5.41) is 3.13. The Labute approximate surface area is 150 Å². The normalized spacial score (nSPS) is 24.2. The molecule has 0 saturated carbocycles. The van der Waals surface area contributed by atoms with Gasteiger partial charge in [-0.15, -0.1) is 0 Å². The Kier molecular flexibility index (Phi) is 5.74. The van der Waals surface area contributed by atoms with Crippen LogP contribution < -0.4 is 16.0 Å². The summed E-state index contributed by atoms with van der Waals surface area (Å²) < 4.78 is 0. The monoisotopic (exact) mass is 344 g/mol. The molecule has 1 aliphatic heterocycles. The highest BCUT2D eigenvalue weighted by Gasteiger charge is 2.27. The Hall–Kier alpha value is -1.88. The molecule has 1 saturated heterocycles. The van der Waals surface area contributed by atoms with Crippen LogP contribution in [-0.2, 0) is 22.4 Å². The average Bonchev–Trinajstić information content (AvgIpc) is 2.61. The standard InChI is InChI=1S/C20H29N3O2/c1-14(17-7-6-15-4-2-3-5-18(15)12-17)22-19(24)13-23-10-8-16(9-11-23)20(21)25/h6-7,12,14,16H,2-5,8-11,13H2,1H3,(H2,21,25)(H,22,24)/p+1/t14-/m1/s1. The number of benzene rings is 1. The molecule has 5 nitrogen and oxygen atoms in total. The van der Waals surface area contributed by atoms with Gasteiger partial charge in [0, 0.05) is 18.8 Å². The molecular weight excluding hydrogens is 314 g/mol. The molecule has 1 heterocycles. The SMILES string of the molecule is C[C@@H](NC(=O)C[NH+]1CCC(C(N)=O)CC1)c1ccc2c(c1)CCCC2. The molecule has 0 unspecified atom stereocenters. The van der Waals surface area contributed by atoms with Crippen molar-refractivity contribution in [2.45, 2.75) is 51.5 Å². The molecule has 0 aromatic heterocycles. The predicted octanol–water partition coefficient (Wildman–Crippen LogP) is 0.523. The maximum Gasteiger partial charge on any atom is 0.275 e. The number of rotatable bonds is 5. The second kappa shape index (κ2) is 8.00. The smallest absolute Gasteiger partial charge is 0.275 e. The lowest BCUT2D eigenvalue weighted by molar-refractivity contribution is -0.897. The van der Waals surface area contributed by atoms with E-state index in [2.05, 4.69) is 30.4 Å². The highest BCUT2D eigenvalue weighted by atomic mass is 16.2. The highest BCUT2D eigenvalue weighted by Crippen LogP contribution is 2.24. The molecule has 136 valence electrons. The van der Waals surface area contributed by atoms with Gasteiger partial charge in [-0.3, -0.25) is 9.59 Å². The fourth-order valence-electron chi connectivity index (χ4n) is 4.11. The Bertz CT molecular complexity index is 636. The molecule has 4 N–H and O–H groups in total. The summed E-state index contributed by atoms with van der Waals surface area (Å²) in [5.41, 5.74) is 9.47. The zero-order valence-corrected chi connectivity index (χ0v) is 15.1. The second-order valence-electron chi connectivity index (χ2n) is 7.63. The first-order valence-corrected chi connectivity index (χ1v) is 9.57. The van der Waals surface area contributed by atoms with Crippen molar-refractivity contribution < 1.29 is 14.5 Å². The van der Waals surface area contributed by atoms with Crippen LogP contribution >= 0.6 is 0 Å². The van der Waals surface area contributed by atoms with Crippen LogP contribution in [-0.4, -0.2) is 31.4 Å². The summed E-state index contributed by atoms with van der Waals surface area (Å²) in [5.74, 6) is -0.136. The van der Waals surface area contributed by atoms with Crippen molar-refractivity contribution in [1.29, 1.82) is 0 Å². The van der Waals surface area contributed by atoms with Gasteiger partial charge in [-0.1, -0.05) is 18.2 Å². The maximum absolute atomic E-state index is 12.4. The van der Waals surface area contributed by atoms with Crippen LogP contribution in [0.25, 0.3) is 0 Å². The molecule has 1 atom stereocenters. The van der Waals surface area contributed by atoms with E-state index in [1.165, 1.54) is 40.9 Å². The van der Waals surface area contributed by atoms with Crippen LogP contribution in [0.2, 0.25) is 0 Å². The number of likely N-dealkylation sites (tertiary alicyclic amines) is 1. The summed E-state index contributed by atoms with van der Waals surface area (Å²) in [6.07, 6.45) is 6.47. The van der Waals surface area contributed by atoms with E-state index >= 15 is 0 Å². The van der Waals surface area contributed by atoms with E-state index in [0.717, 1.165) is 32.4 Å². The Balaban J connectivity index is 1.50. The van der Waals surface area contributed by atoms with E-state index < -0.39 is 0 Å². The topological polar surface area (TPSA) is 76.6 Å². The van der Waals surface area contributed by atoms with Crippen molar-refractivity contribution in [3.05, 3.63) is 34.9 Å². The average molecular weight is 344 g/mol. The van der Waals surface area contributed by atoms with Crippen LogP contribution in [0.5, 0.6) is 0 Å². The lowest BCUT2D eigenvalue weighted by Gasteiger charge is -2.27. The number of carbonyl (C=O) groups is 2. The fourth-order valence-corrected chi connectivity index (χ4v) is 4.11. The first-order valence-electron chi connectivity index (χ1n) is 9.57. The third kappa shape index (κ3) is 4.60. The first kappa shape index (κ1) is 17.9. The van der Waals surface area contributed by atoms with Crippen molar-refractivity contribution in [2.24, 2.45) is 11.7 Å². The van der Waals surface area contributed by atoms with E-state index in [0.29, 0.717) is 6.54 Å². The molecule has 1 aliphatic carbocycles. The third-order valence-electron chi connectivity index (χ3n) is 5.76. The quantitative estimate of drug-likeness (QED) is 0.728. The predicted molar refractivity (Wildman–Crippen MR) is 97.1 cm³/mol. The first-order chi connectivity index (χ1) is 12.0. The molecule has 0 bridgehead atoms. The van der Waals surface area contributed by atoms with Crippen molar-refractivity contribution >= 4 is 11.8 Å². The number of fused-ring (bicyclic) bond motifs is 1. The Morgan fingerprint density at radius 3 is 2.56 bits per heavy atom. The van der Waals surface area contributed by atoms with Gasteiger partial charge in [0.2, 0.25) is 5.91 Å². The maximum atomic E-state index is 12.4. The summed E-state index contributed by atoms with van der Waals surface area (Å²) in [4.78, 5) is 24.8. The molecule has 1 aromatic carbocycles. The van der Waals surface area contributed by atoms with Crippen LogP contribution in [0.4, 0.5) is 0 Å². The van der Waals surface area contributed by atoms with E-state index in [1.807, 2.05) is 0 Å². The number of nitrogens with one attached hydrogen (secondary N) is 2. The minimum atomic E-state index is -0.204. The zero-order valence-electron chi connectivity index (χ0n) is 15.1. The molecule has 0 radical (unpaired) electrons. The number of carbonyl (C=O) groups excluding carboxylic acids is 2. The van der Waals surface area contributed by atoms with Crippen molar-refractivity contribution in [3.8, 4) is 0 Å². The summed E-state index contributed by atoms with van der Waals surface area (Å²) in [6.45, 7) is 4.21. The van der Waals surface area contributed by atoms with Gasteiger partial charge in [-0.25, -0.2) is 0 Å². The number of amides is 2. The summed E-state index contributed by atoms with van der Waals surface area (Å²) in [6, 6.07) is 6.68. The number of nitrogens with two attached hydrogens (primary N) is 1. The number of primary amides is 1. The Morgan fingerprint density at radius 2 is 1.88 bits per heavy atom. The number of hydrogen-bond acceptors (Lipinski definition) is 2. The number of quaternary nitrogens is 1. The minimum absolute atomic E-state index is 0.0127. The van der Waals surface area contributed by atoms with E-state index in [1.54, 1.807) is 0 Å². The molecule has 1 fully saturated rings. The van der Waals surface area contributed by atoms with E-state index in [9.17, 15) is 9.59 Å². The van der Waals surface area contributed by atoms with Gasteiger partial charge in [0.1, 0.15) is 0 Å². The molecular formula is C20H30N3O2+. The van der Waals surface area contributed by atoms with Crippen LogP contribution in [0, 0.1) is 5.92 Å². The Morgan fingerprint density at radius 1 is 1.20 bits per heavy atom. The molecule has 2 aliphatic rings. The van der Waals surface area contributed by atoms with Crippen molar-refractivity contribution in [2.75, 3.05) is 19.6 Å². The largest absolute Gasteiger partial charge is 0.369 e. The molecule has 1 aromatic rings. The van der Waals surface area contributed by atoms with Crippen LogP contribution in [0.15, 0.2) is 18.2 Å². The number of aryl methyl sites for hydroxylation is 2. The van der Waals surface area contributed by atoms with Gasteiger partial charge in [-0.2, -0.15) is 0 Å². The van der Waals surface area contributed by atoms with Gasteiger partial charge in [-0.05, 0) is 49.3 Å². The van der Waals surface area contributed by atoms with Crippen LogP contribution in [0.3, 0.4) is 0 Å². The van der Waals surface area contributed by atoms with Gasteiger partial charge < -0.3 is 16.0 Å². The molecule has 0 spiro atoms. The minimum Gasteiger partial charge on any atom is -0.369 e. The third-order valence-corrected chi connectivity index (χ3v) is 5.76. The number of hydrogen-bond donors (Lipinski definition) is 3. The fraction of sp³-hybridized carbons (Fsp3) is 0.600. The molecule has 5 heteroatoms.